The molecule has 0 unspecified atom stereocenters. The van der Waals surface area contributed by atoms with E-state index in [-0.39, 0.29) is 17.5 Å². The summed E-state index contributed by atoms with van der Waals surface area (Å²) in [4.78, 5) is 25.8. The minimum Gasteiger partial charge on any atom is -0.340 e. The summed E-state index contributed by atoms with van der Waals surface area (Å²) in [5, 5.41) is 16.5. The summed E-state index contributed by atoms with van der Waals surface area (Å²) in [6.45, 7) is 0. The summed E-state index contributed by atoms with van der Waals surface area (Å²) in [6, 6.07) is 10.2. The van der Waals surface area contributed by atoms with Crippen molar-refractivity contribution in [2.75, 3.05) is 10.6 Å². The normalized spacial score (nSPS) is 13.5. The van der Waals surface area contributed by atoms with Gasteiger partial charge in [-0.05, 0) is 37.1 Å². The number of pyridine rings is 1. The van der Waals surface area contributed by atoms with E-state index >= 15 is 0 Å². The van der Waals surface area contributed by atoms with E-state index in [0.717, 1.165) is 18.5 Å². The van der Waals surface area contributed by atoms with Gasteiger partial charge in [-0.25, -0.2) is 4.98 Å². The lowest BCUT2D eigenvalue weighted by atomic mass is 10.2. The van der Waals surface area contributed by atoms with E-state index in [4.69, 9.17) is 0 Å². The fourth-order valence-electron chi connectivity index (χ4n) is 1.98. The number of nitrogens with zero attached hydrogens (tertiary/aromatic N) is 2. The Morgan fingerprint density at radius 1 is 1.23 bits per heavy atom. The van der Waals surface area contributed by atoms with E-state index in [2.05, 4.69) is 15.6 Å². The first-order valence-electron chi connectivity index (χ1n) is 6.90. The predicted octanol–water partition coefficient (Wildman–Crippen LogP) is 3.08. The summed E-state index contributed by atoms with van der Waals surface area (Å²) in [7, 11) is 0. The van der Waals surface area contributed by atoms with E-state index in [1.165, 1.54) is 18.3 Å². The number of aromatic nitrogens is 1. The van der Waals surface area contributed by atoms with Gasteiger partial charge in [0, 0.05) is 23.4 Å². The number of rotatable bonds is 5. The first kappa shape index (κ1) is 14.0. The van der Waals surface area contributed by atoms with Crippen LogP contribution in [0.15, 0.2) is 42.6 Å². The summed E-state index contributed by atoms with van der Waals surface area (Å²) in [5.74, 6) is 0.690. The Balaban J connectivity index is 1.69. The average Bonchev–Trinajstić information content (AvgIpc) is 3.33. The molecule has 2 aromatic rings. The second kappa shape index (κ2) is 5.80. The van der Waals surface area contributed by atoms with Crippen LogP contribution < -0.4 is 10.6 Å². The minimum atomic E-state index is -0.495. The lowest BCUT2D eigenvalue weighted by molar-refractivity contribution is -0.385. The van der Waals surface area contributed by atoms with Crippen LogP contribution in [0.5, 0.6) is 0 Å². The van der Waals surface area contributed by atoms with Crippen molar-refractivity contribution in [3.63, 3.8) is 0 Å². The standard InChI is InChI=1S/C15H14N4O3/c20-15(10-4-5-10)18-12-3-1-2-11(8-12)17-14-7-6-13(9-16-14)19(21)22/h1-3,6-10H,4-5H2,(H,16,17)(H,18,20). The molecule has 1 heterocycles. The van der Waals surface area contributed by atoms with Crippen LogP contribution in [-0.4, -0.2) is 15.8 Å². The maximum Gasteiger partial charge on any atom is 0.287 e. The van der Waals surface area contributed by atoms with E-state index in [1.807, 2.05) is 18.2 Å². The van der Waals surface area contributed by atoms with Crippen molar-refractivity contribution in [3.05, 3.63) is 52.7 Å². The second-order valence-electron chi connectivity index (χ2n) is 5.13. The number of carbonyl (C=O) groups excluding carboxylic acids is 1. The van der Waals surface area contributed by atoms with Crippen molar-refractivity contribution in [1.82, 2.24) is 4.98 Å². The van der Waals surface area contributed by atoms with E-state index < -0.39 is 4.92 Å². The molecule has 0 spiro atoms. The number of amides is 1. The molecule has 1 amide bonds. The SMILES string of the molecule is O=C(Nc1cccc(Nc2ccc([N+](=O)[O-])cn2)c1)C1CC1. The molecule has 0 aliphatic heterocycles. The van der Waals surface area contributed by atoms with Gasteiger partial charge in [-0.3, -0.25) is 14.9 Å². The van der Waals surface area contributed by atoms with Gasteiger partial charge in [0.15, 0.2) is 0 Å². The van der Waals surface area contributed by atoms with Gasteiger partial charge in [-0.1, -0.05) is 6.07 Å². The van der Waals surface area contributed by atoms with Gasteiger partial charge >= 0.3 is 0 Å². The highest BCUT2D eigenvalue weighted by Gasteiger charge is 2.29. The largest absolute Gasteiger partial charge is 0.340 e. The molecular weight excluding hydrogens is 284 g/mol. The molecule has 7 nitrogen and oxygen atoms in total. The third kappa shape index (κ3) is 3.38. The molecule has 0 bridgehead atoms. The topological polar surface area (TPSA) is 97.2 Å². The first-order valence-corrected chi connectivity index (χ1v) is 6.90. The molecule has 1 aliphatic carbocycles. The van der Waals surface area contributed by atoms with Crippen LogP contribution in [0.4, 0.5) is 22.9 Å². The Labute approximate surface area is 126 Å². The molecule has 0 radical (unpaired) electrons. The van der Waals surface area contributed by atoms with Crippen molar-refractivity contribution in [1.29, 1.82) is 0 Å². The number of hydrogen-bond acceptors (Lipinski definition) is 5. The summed E-state index contributed by atoms with van der Waals surface area (Å²) < 4.78 is 0. The second-order valence-corrected chi connectivity index (χ2v) is 5.13. The molecule has 22 heavy (non-hydrogen) atoms. The molecule has 112 valence electrons. The van der Waals surface area contributed by atoms with Crippen molar-refractivity contribution < 1.29 is 9.72 Å². The van der Waals surface area contributed by atoms with Crippen LogP contribution in [0.25, 0.3) is 0 Å². The minimum absolute atomic E-state index is 0.0469. The Bertz CT molecular complexity index is 711. The van der Waals surface area contributed by atoms with Crippen molar-refractivity contribution >= 4 is 28.8 Å². The average molecular weight is 298 g/mol. The zero-order valence-corrected chi connectivity index (χ0v) is 11.7. The van der Waals surface area contributed by atoms with Crippen molar-refractivity contribution in [2.45, 2.75) is 12.8 Å². The number of hydrogen-bond donors (Lipinski definition) is 2. The molecule has 1 aromatic carbocycles. The lowest BCUT2D eigenvalue weighted by Crippen LogP contribution is -2.13. The highest BCUT2D eigenvalue weighted by molar-refractivity contribution is 5.94. The van der Waals surface area contributed by atoms with Gasteiger partial charge in [-0.15, -0.1) is 0 Å². The van der Waals surface area contributed by atoms with Crippen LogP contribution >= 0.6 is 0 Å². The zero-order valence-electron chi connectivity index (χ0n) is 11.7. The Morgan fingerprint density at radius 2 is 2.00 bits per heavy atom. The van der Waals surface area contributed by atoms with E-state index in [1.54, 1.807) is 6.07 Å². The summed E-state index contributed by atoms with van der Waals surface area (Å²) >= 11 is 0. The van der Waals surface area contributed by atoms with Crippen molar-refractivity contribution in [2.24, 2.45) is 5.92 Å². The molecule has 2 N–H and O–H groups in total. The van der Waals surface area contributed by atoms with Crippen molar-refractivity contribution in [3.8, 4) is 0 Å². The summed E-state index contributed by atoms with van der Waals surface area (Å²) in [6.07, 6.45) is 3.11. The van der Waals surface area contributed by atoms with Gasteiger partial charge < -0.3 is 10.6 Å². The van der Waals surface area contributed by atoms with Gasteiger partial charge in [0.25, 0.3) is 5.69 Å². The molecule has 3 rings (SSSR count). The lowest BCUT2D eigenvalue weighted by Gasteiger charge is -2.08. The molecule has 1 fully saturated rings. The highest BCUT2D eigenvalue weighted by atomic mass is 16.6. The zero-order chi connectivity index (χ0) is 15.5. The molecule has 1 aromatic heterocycles. The van der Waals surface area contributed by atoms with Crippen LogP contribution in [-0.2, 0) is 4.79 Å². The number of nitro groups is 1. The maximum atomic E-state index is 11.7. The first-order chi connectivity index (χ1) is 10.6. The Hall–Kier alpha value is -2.96. The monoisotopic (exact) mass is 298 g/mol. The molecular formula is C15H14N4O3. The van der Waals surface area contributed by atoms with Crippen LogP contribution in [0.1, 0.15) is 12.8 Å². The predicted molar refractivity (Wildman–Crippen MR) is 82.0 cm³/mol. The third-order valence-electron chi connectivity index (χ3n) is 3.31. The fourth-order valence-corrected chi connectivity index (χ4v) is 1.98. The number of anilines is 3. The molecule has 7 heteroatoms. The third-order valence-corrected chi connectivity index (χ3v) is 3.31. The smallest absolute Gasteiger partial charge is 0.287 e. The Kier molecular flexibility index (Phi) is 3.69. The molecule has 0 atom stereocenters. The Morgan fingerprint density at radius 3 is 2.64 bits per heavy atom. The summed E-state index contributed by atoms with van der Waals surface area (Å²) in [5.41, 5.74) is 1.40. The maximum absolute atomic E-state index is 11.7. The van der Waals surface area contributed by atoms with E-state index in [9.17, 15) is 14.9 Å². The van der Waals surface area contributed by atoms with Gasteiger partial charge in [0.1, 0.15) is 12.0 Å². The van der Waals surface area contributed by atoms with Crippen LogP contribution in [0, 0.1) is 16.0 Å². The van der Waals surface area contributed by atoms with Gasteiger partial charge in [0.2, 0.25) is 5.91 Å². The number of benzene rings is 1. The van der Waals surface area contributed by atoms with Crippen LogP contribution in [0.3, 0.4) is 0 Å². The van der Waals surface area contributed by atoms with E-state index in [0.29, 0.717) is 11.5 Å². The number of carbonyl (C=O) groups is 1. The number of nitrogens with one attached hydrogen (secondary N) is 2. The molecule has 1 saturated carbocycles. The molecule has 1 aliphatic rings. The highest BCUT2D eigenvalue weighted by Crippen LogP contribution is 2.30. The quantitative estimate of drug-likeness (QED) is 0.653. The van der Waals surface area contributed by atoms with Crippen LogP contribution in [0.2, 0.25) is 0 Å². The fraction of sp³-hybridized carbons (Fsp3) is 0.200. The van der Waals surface area contributed by atoms with Gasteiger partial charge in [0.05, 0.1) is 4.92 Å². The molecule has 0 saturated heterocycles. The van der Waals surface area contributed by atoms with Gasteiger partial charge in [-0.2, -0.15) is 0 Å².